The van der Waals surface area contributed by atoms with Gasteiger partial charge in [-0.3, -0.25) is 5.32 Å². The Morgan fingerprint density at radius 3 is 1.97 bits per heavy atom. The predicted octanol–water partition coefficient (Wildman–Crippen LogP) is 3.30. The van der Waals surface area contributed by atoms with Gasteiger partial charge in [0.1, 0.15) is 18.9 Å². The fraction of sp³-hybridized carbons (Fsp3) is 0.292. The van der Waals surface area contributed by atoms with Crippen LogP contribution in [0.2, 0.25) is 0 Å². The summed E-state index contributed by atoms with van der Waals surface area (Å²) in [6.07, 6.45) is 0.516. The second kappa shape index (κ2) is 15.0. The molecule has 0 atom stereocenters. The Hall–Kier alpha value is -3.85. The van der Waals surface area contributed by atoms with Crippen LogP contribution in [-0.4, -0.2) is 45.0 Å². The maximum atomic E-state index is 12.0. The highest BCUT2D eigenvalue weighted by molar-refractivity contribution is 5.92. The van der Waals surface area contributed by atoms with Gasteiger partial charge in [0, 0.05) is 6.54 Å². The summed E-state index contributed by atoms with van der Waals surface area (Å²) in [5.74, 6) is -0.700. The summed E-state index contributed by atoms with van der Waals surface area (Å²) < 4.78 is 20.3. The highest BCUT2D eigenvalue weighted by atomic mass is 16.6. The van der Waals surface area contributed by atoms with Gasteiger partial charge in [0.05, 0.1) is 20.3 Å². The summed E-state index contributed by atoms with van der Waals surface area (Å²) in [4.78, 5) is 35.5. The van der Waals surface area contributed by atoms with E-state index in [-0.39, 0.29) is 38.7 Å². The fourth-order valence-corrected chi connectivity index (χ4v) is 2.55. The standard InChI is InChI=1S/C24H28N2O7/c1-30-22(27)21(26-24(29)33-18-20-11-6-3-7-12-20)13-8-15-31-16-14-25-23(28)32-17-19-9-4-2-5-10-19/h2-7,9-13H,8,14-18H2,1H3,(H,25,28)(H,26,29)/b21-13-. The Balaban J connectivity index is 1.61. The Kier molecular flexibility index (Phi) is 11.6. The van der Waals surface area contributed by atoms with Crippen molar-refractivity contribution in [3.8, 4) is 0 Å². The molecule has 2 amide bonds. The first-order valence-electron chi connectivity index (χ1n) is 10.4. The topological polar surface area (TPSA) is 112 Å². The van der Waals surface area contributed by atoms with E-state index in [1.807, 2.05) is 60.7 Å². The molecule has 0 unspecified atom stereocenters. The third kappa shape index (κ3) is 10.8. The number of esters is 1. The van der Waals surface area contributed by atoms with Crippen LogP contribution in [0.4, 0.5) is 9.59 Å². The van der Waals surface area contributed by atoms with Gasteiger partial charge in [-0.1, -0.05) is 66.7 Å². The number of nitrogens with one attached hydrogen (secondary N) is 2. The summed E-state index contributed by atoms with van der Waals surface area (Å²) in [5.41, 5.74) is 1.68. The van der Waals surface area contributed by atoms with Crippen LogP contribution in [0.5, 0.6) is 0 Å². The normalized spacial score (nSPS) is 10.8. The average Bonchev–Trinajstić information content (AvgIpc) is 2.85. The van der Waals surface area contributed by atoms with E-state index >= 15 is 0 Å². The summed E-state index contributed by atoms with van der Waals surface area (Å²) in [6.45, 7) is 1.06. The average molecular weight is 456 g/mol. The van der Waals surface area contributed by atoms with Crippen LogP contribution in [-0.2, 0) is 37.0 Å². The number of methoxy groups -OCH3 is 1. The van der Waals surface area contributed by atoms with Crippen molar-refractivity contribution in [3.05, 3.63) is 83.6 Å². The zero-order chi connectivity index (χ0) is 23.7. The van der Waals surface area contributed by atoms with Gasteiger partial charge in [-0.25, -0.2) is 14.4 Å². The molecular formula is C24H28N2O7. The lowest BCUT2D eigenvalue weighted by Gasteiger charge is -2.10. The minimum absolute atomic E-state index is 0.0400. The summed E-state index contributed by atoms with van der Waals surface area (Å²) in [5, 5.41) is 4.96. The van der Waals surface area contributed by atoms with Crippen LogP contribution in [0.1, 0.15) is 17.5 Å². The van der Waals surface area contributed by atoms with E-state index in [4.69, 9.17) is 14.2 Å². The van der Waals surface area contributed by atoms with Crippen molar-refractivity contribution >= 4 is 18.2 Å². The van der Waals surface area contributed by atoms with E-state index in [0.29, 0.717) is 6.42 Å². The molecule has 0 saturated heterocycles. The van der Waals surface area contributed by atoms with Crippen LogP contribution in [0.15, 0.2) is 72.4 Å². The fourth-order valence-electron chi connectivity index (χ4n) is 2.55. The molecule has 2 rings (SSSR count). The molecule has 0 heterocycles. The van der Waals surface area contributed by atoms with Gasteiger partial charge >= 0.3 is 18.2 Å². The molecule has 2 aromatic rings. The molecule has 0 bridgehead atoms. The highest BCUT2D eigenvalue weighted by Gasteiger charge is 2.14. The van der Waals surface area contributed by atoms with Gasteiger partial charge in [-0.05, 0) is 17.5 Å². The number of carbonyl (C=O) groups excluding carboxylic acids is 3. The molecule has 0 aliphatic carbocycles. The van der Waals surface area contributed by atoms with Crippen molar-refractivity contribution in [2.45, 2.75) is 19.6 Å². The first-order chi connectivity index (χ1) is 16.1. The SMILES string of the molecule is COC(=O)/C(=C/CCOCCNC(=O)OCc1ccccc1)NC(=O)OCc1ccccc1. The smallest absolute Gasteiger partial charge is 0.412 e. The lowest BCUT2D eigenvalue weighted by Crippen LogP contribution is -2.29. The minimum atomic E-state index is -0.769. The molecular weight excluding hydrogens is 428 g/mol. The van der Waals surface area contributed by atoms with Crippen LogP contribution >= 0.6 is 0 Å². The van der Waals surface area contributed by atoms with Gasteiger partial charge in [-0.2, -0.15) is 0 Å². The molecule has 2 N–H and O–H groups in total. The molecule has 0 saturated carbocycles. The minimum Gasteiger partial charge on any atom is -0.464 e. The highest BCUT2D eigenvalue weighted by Crippen LogP contribution is 2.03. The first-order valence-corrected chi connectivity index (χ1v) is 10.4. The number of amides is 2. The third-order valence-electron chi connectivity index (χ3n) is 4.19. The summed E-state index contributed by atoms with van der Waals surface area (Å²) in [7, 11) is 1.21. The van der Waals surface area contributed by atoms with Crippen LogP contribution < -0.4 is 10.6 Å². The zero-order valence-corrected chi connectivity index (χ0v) is 18.5. The maximum Gasteiger partial charge on any atom is 0.412 e. The van der Waals surface area contributed by atoms with Crippen molar-refractivity contribution in [2.75, 3.05) is 26.9 Å². The first kappa shape index (κ1) is 25.4. The van der Waals surface area contributed by atoms with Gasteiger partial charge in [-0.15, -0.1) is 0 Å². The number of ether oxygens (including phenoxy) is 4. The Morgan fingerprint density at radius 2 is 1.39 bits per heavy atom. The number of alkyl carbamates (subject to hydrolysis) is 2. The van der Waals surface area contributed by atoms with Crippen molar-refractivity contribution in [1.82, 2.24) is 10.6 Å². The molecule has 9 nitrogen and oxygen atoms in total. The van der Waals surface area contributed by atoms with Crippen molar-refractivity contribution in [3.63, 3.8) is 0 Å². The zero-order valence-electron chi connectivity index (χ0n) is 18.5. The Labute approximate surface area is 192 Å². The van der Waals surface area contributed by atoms with E-state index in [1.54, 1.807) is 0 Å². The van der Waals surface area contributed by atoms with E-state index < -0.39 is 18.2 Å². The van der Waals surface area contributed by atoms with E-state index in [0.717, 1.165) is 11.1 Å². The number of hydrogen-bond acceptors (Lipinski definition) is 7. The second-order valence-corrected chi connectivity index (χ2v) is 6.69. The molecule has 0 aromatic heterocycles. The number of benzene rings is 2. The molecule has 0 aliphatic heterocycles. The van der Waals surface area contributed by atoms with Crippen molar-refractivity contribution in [2.24, 2.45) is 0 Å². The molecule has 176 valence electrons. The third-order valence-corrected chi connectivity index (χ3v) is 4.19. The predicted molar refractivity (Wildman–Crippen MR) is 120 cm³/mol. The second-order valence-electron chi connectivity index (χ2n) is 6.69. The molecule has 0 radical (unpaired) electrons. The van der Waals surface area contributed by atoms with E-state index in [9.17, 15) is 14.4 Å². The summed E-state index contributed by atoms with van der Waals surface area (Å²) >= 11 is 0. The van der Waals surface area contributed by atoms with Crippen LogP contribution in [0, 0.1) is 0 Å². The molecule has 9 heteroatoms. The van der Waals surface area contributed by atoms with E-state index in [1.165, 1.54) is 13.2 Å². The Bertz CT molecular complexity index is 902. The van der Waals surface area contributed by atoms with Gasteiger partial charge < -0.3 is 24.3 Å². The van der Waals surface area contributed by atoms with E-state index in [2.05, 4.69) is 15.4 Å². The van der Waals surface area contributed by atoms with Gasteiger partial charge in [0.2, 0.25) is 0 Å². The van der Waals surface area contributed by atoms with Gasteiger partial charge in [0.25, 0.3) is 0 Å². The lowest BCUT2D eigenvalue weighted by atomic mass is 10.2. The molecule has 0 spiro atoms. The largest absolute Gasteiger partial charge is 0.464 e. The van der Waals surface area contributed by atoms with Crippen molar-refractivity contribution in [1.29, 1.82) is 0 Å². The van der Waals surface area contributed by atoms with Crippen molar-refractivity contribution < 1.29 is 33.3 Å². The molecule has 33 heavy (non-hydrogen) atoms. The summed E-state index contributed by atoms with van der Waals surface area (Å²) in [6, 6.07) is 18.5. The molecule has 0 aliphatic rings. The van der Waals surface area contributed by atoms with Crippen LogP contribution in [0.25, 0.3) is 0 Å². The monoisotopic (exact) mass is 456 g/mol. The van der Waals surface area contributed by atoms with Gasteiger partial charge in [0.15, 0.2) is 0 Å². The maximum absolute atomic E-state index is 12.0. The lowest BCUT2D eigenvalue weighted by molar-refractivity contribution is -0.136. The number of rotatable bonds is 12. The molecule has 2 aromatic carbocycles. The number of hydrogen-bond donors (Lipinski definition) is 2. The Morgan fingerprint density at radius 1 is 0.818 bits per heavy atom. The quantitative estimate of drug-likeness (QED) is 0.218. The molecule has 0 fully saturated rings. The van der Waals surface area contributed by atoms with Crippen LogP contribution in [0.3, 0.4) is 0 Å². The number of carbonyl (C=O) groups is 3.